The zero-order valence-corrected chi connectivity index (χ0v) is 15.1. The highest BCUT2D eigenvalue weighted by molar-refractivity contribution is 5.63. The predicted molar refractivity (Wildman–Crippen MR) is 99.8 cm³/mol. The molecule has 0 radical (unpaired) electrons. The van der Waals surface area contributed by atoms with Crippen LogP contribution in [0.1, 0.15) is 11.1 Å². The van der Waals surface area contributed by atoms with Crippen molar-refractivity contribution in [2.24, 2.45) is 11.8 Å². The fraction of sp³-hybridized carbons (Fsp3) is 0.455. The van der Waals surface area contributed by atoms with Crippen molar-refractivity contribution in [2.45, 2.75) is 13.2 Å². The van der Waals surface area contributed by atoms with Gasteiger partial charge in [0.05, 0.1) is 52.9 Å². The number of ether oxygens (including phenoxy) is 4. The molecule has 0 N–H and O–H groups in total. The van der Waals surface area contributed by atoms with Crippen molar-refractivity contribution in [3.8, 4) is 11.1 Å². The van der Waals surface area contributed by atoms with E-state index in [1.807, 2.05) is 0 Å². The van der Waals surface area contributed by atoms with E-state index in [2.05, 4.69) is 48.5 Å². The molecule has 2 saturated heterocycles. The van der Waals surface area contributed by atoms with Crippen LogP contribution < -0.4 is 0 Å². The van der Waals surface area contributed by atoms with Gasteiger partial charge in [-0.05, 0) is 22.3 Å². The first kappa shape index (κ1) is 17.7. The summed E-state index contributed by atoms with van der Waals surface area (Å²) in [5.74, 6) is 1.16. The highest BCUT2D eigenvalue weighted by Gasteiger charge is 2.18. The minimum absolute atomic E-state index is 0.582. The van der Waals surface area contributed by atoms with Crippen LogP contribution in [-0.4, -0.2) is 39.6 Å². The number of hydrogen-bond donors (Lipinski definition) is 0. The number of hydrogen-bond acceptors (Lipinski definition) is 4. The minimum atomic E-state index is 0.582. The van der Waals surface area contributed by atoms with Crippen molar-refractivity contribution in [2.75, 3.05) is 39.6 Å². The van der Waals surface area contributed by atoms with Crippen LogP contribution >= 0.6 is 0 Å². The van der Waals surface area contributed by atoms with Crippen LogP contribution in [0.15, 0.2) is 48.5 Å². The van der Waals surface area contributed by atoms with Crippen molar-refractivity contribution < 1.29 is 18.9 Å². The van der Waals surface area contributed by atoms with E-state index in [-0.39, 0.29) is 0 Å². The molecule has 0 aromatic heterocycles. The Morgan fingerprint density at radius 1 is 0.615 bits per heavy atom. The largest absolute Gasteiger partial charge is 0.381 e. The van der Waals surface area contributed by atoms with Gasteiger partial charge in [0.1, 0.15) is 0 Å². The van der Waals surface area contributed by atoms with E-state index >= 15 is 0 Å². The molecule has 4 rings (SSSR count). The molecule has 26 heavy (non-hydrogen) atoms. The molecule has 0 saturated carbocycles. The SMILES string of the molecule is c1cc(-c2ccc(COCC3COC3)cc2)ccc1COCC1COC1. The third-order valence-electron chi connectivity index (χ3n) is 4.90. The van der Waals surface area contributed by atoms with Gasteiger partial charge in [-0.3, -0.25) is 0 Å². The van der Waals surface area contributed by atoms with Crippen LogP contribution in [0.2, 0.25) is 0 Å². The molecule has 2 aromatic carbocycles. The van der Waals surface area contributed by atoms with E-state index < -0.39 is 0 Å². The molecule has 2 aliphatic heterocycles. The van der Waals surface area contributed by atoms with Crippen molar-refractivity contribution in [3.63, 3.8) is 0 Å². The average molecular weight is 354 g/mol. The molecule has 2 fully saturated rings. The molecule has 0 spiro atoms. The molecular weight excluding hydrogens is 328 g/mol. The molecule has 2 aliphatic rings. The maximum atomic E-state index is 5.75. The second-order valence-electron chi connectivity index (χ2n) is 7.23. The Morgan fingerprint density at radius 2 is 1.00 bits per heavy atom. The summed E-state index contributed by atoms with van der Waals surface area (Å²) in [5, 5.41) is 0. The van der Waals surface area contributed by atoms with Gasteiger partial charge in [0.25, 0.3) is 0 Å². The van der Waals surface area contributed by atoms with Crippen LogP contribution in [0.5, 0.6) is 0 Å². The topological polar surface area (TPSA) is 36.9 Å². The van der Waals surface area contributed by atoms with E-state index in [0.717, 1.165) is 39.6 Å². The normalized spacial score (nSPS) is 17.7. The average Bonchev–Trinajstić information content (AvgIpc) is 2.60. The first-order chi connectivity index (χ1) is 12.9. The molecule has 2 aromatic rings. The summed E-state index contributed by atoms with van der Waals surface area (Å²) in [4.78, 5) is 0. The van der Waals surface area contributed by atoms with E-state index in [9.17, 15) is 0 Å². The third kappa shape index (κ3) is 4.71. The highest BCUT2D eigenvalue weighted by atomic mass is 16.5. The van der Waals surface area contributed by atoms with Crippen LogP contribution in [-0.2, 0) is 32.2 Å². The lowest BCUT2D eigenvalue weighted by Gasteiger charge is -2.25. The second kappa shape index (κ2) is 8.78. The van der Waals surface area contributed by atoms with Gasteiger partial charge in [-0.2, -0.15) is 0 Å². The first-order valence-corrected chi connectivity index (χ1v) is 9.36. The van der Waals surface area contributed by atoms with E-state index in [4.69, 9.17) is 18.9 Å². The molecule has 0 atom stereocenters. The lowest BCUT2D eigenvalue weighted by Crippen LogP contribution is -2.31. The van der Waals surface area contributed by atoms with Gasteiger partial charge >= 0.3 is 0 Å². The first-order valence-electron chi connectivity index (χ1n) is 9.36. The molecule has 4 nitrogen and oxygen atoms in total. The maximum absolute atomic E-state index is 5.75. The molecular formula is C22H26O4. The molecule has 2 heterocycles. The molecule has 0 bridgehead atoms. The van der Waals surface area contributed by atoms with Gasteiger partial charge in [-0.1, -0.05) is 48.5 Å². The molecule has 0 amide bonds. The van der Waals surface area contributed by atoms with Gasteiger partial charge in [0, 0.05) is 11.8 Å². The monoisotopic (exact) mass is 354 g/mol. The predicted octanol–water partition coefficient (Wildman–Crippen LogP) is 3.68. The molecule has 138 valence electrons. The summed E-state index contributed by atoms with van der Waals surface area (Å²) in [6.45, 7) is 6.28. The Hall–Kier alpha value is -1.72. The fourth-order valence-electron chi connectivity index (χ4n) is 3.04. The van der Waals surface area contributed by atoms with E-state index in [1.54, 1.807) is 0 Å². The molecule has 0 unspecified atom stereocenters. The van der Waals surface area contributed by atoms with Crippen LogP contribution in [0, 0.1) is 11.8 Å². The van der Waals surface area contributed by atoms with Crippen molar-refractivity contribution >= 4 is 0 Å². The van der Waals surface area contributed by atoms with Gasteiger partial charge in [0.15, 0.2) is 0 Å². The Morgan fingerprint density at radius 3 is 1.31 bits per heavy atom. The lowest BCUT2D eigenvalue weighted by atomic mass is 10.0. The Kier molecular flexibility index (Phi) is 5.97. The smallest absolute Gasteiger partial charge is 0.0717 e. The van der Waals surface area contributed by atoms with Crippen molar-refractivity contribution in [1.29, 1.82) is 0 Å². The third-order valence-corrected chi connectivity index (χ3v) is 4.90. The number of rotatable bonds is 9. The van der Waals surface area contributed by atoms with Gasteiger partial charge in [0.2, 0.25) is 0 Å². The van der Waals surface area contributed by atoms with Crippen molar-refractivity contribution in [3.05, 3.63) is 59.7 Å². The zero-order chi connectivity index (χ0) is 17.6. The maximum Gasteiger partial charge on any atom is 0.0717 e. The molecule has 4 heteroatoms. The van der Waals surface area contributed by atoms with Gasteiger partial charge in [-0.15, -0.1) is 0 Å². The summed E-state index contributed by atoms with van der Waals surface area (Å²) in [7, 11) is 0. The van der Waals surface area contributed by atoms with E-state index in [1.165, 1.54) is 22.3 Å². The number of benzene rings is 2. The zero-order valence-electron chi connectivity index (χ0n) is 15.1. The van der Waals surface area contributed by atoms with Crippen LogP contribution in [0.4, 0.5) is 0 Å². The molecule has 0 aliphatic carbocycles. The summed E-state index contributed by atoms with van der Waals surface area (Å²) >= 11 is 0. The van der Waals surface area contributed by atoms with Gasteiger partial charge in [-0.25, -0.2) is 0 Å². The summed E-state index contributed by atoms with van der Waals surface area (Å²) in [6, 6.07) is 17.2. The minimum Gasteiger partial charge on any atom is -0.381 e. The Bertz CT molecular complexity index is 611. The second-order valence-corrected chi connectivity index (χ2v) is 7.23. The van der Waals surface area contributed by atoms with E-state index in [0.29, 0.717) is 25.0 Å². The Balaban J connectivity index is 1.24. The van der Waals surface area contributed by atoms with Crippen LogP contribution in [0.3, 0.4) is 0 Å². The summed E-state index contributed by atoms with van der Waals surface area (Å²) in [5.41, 5.74) is 4.86. The summed E-state index contributed by atoms with van der Waals surface area (Å²) in [6.07, 6.45) is 0. The quantitative estimate of drug-likeness (QED) is 0.688. The van der Waals surface area contributed by atoms with Crippen molar-refractivity contribution in [1.82, 2.24) is 0 Å². The summed E-state index contributed by atoms with van der Waals surface area (Å²) < 4.78 is 21.8. The van der Waals surface area contributed by atoms with Crippen LogP contribution in [0.25, 0.3) is 11.1 Å². The standard InChI is InChI=1S/C22H26O4/c1-5-21(6-2-17(1)9-23-11-19-13-25-14-19)22-7-3-18(4-8-22)10-24-12-20-15-26-16-20/h1-8,19-20H,9-16H2. The highest BCUT2D eigenvalue weighted by Crippen LogP contribution is 2.21. The fourth-order valence-corrected chi connectivity index (χ4v) is 3.04. The van der Waals surface area contributed by atoms with Gasteiger partial charge < -0.3 is 18.9 Å². The Labute approximate surface area is 155 Å². The lowest BCUT2D eigenvalue weighted by molar-refractivity contribution is -0.0746.